The Hall–Kier alpha value is -2.10. The summed E-state index contributed by atoms with van der Waals surface area (Å²) < 4.78 is 5.90. The van der Waals surface area contributed by atoms with Crippen LogP contribution in [0.1, 0.15) is 13.8 Å². The largest absolute Gasteiger partial charge is 0.372 e. The van der Waals surface area contributed by atoms with Gasteiger partial charge in [-0.25, -0.2) is 4.98 Å². The minimum absolute atomic E-state index is 0.190. The van der Waals surface area contributed by atoms with Crippen molar-refractivity contribution in [3.05, 3.63) is 59.6 Å². The van der Waals surface area contributed by atoms with Gasteiger partial charge in [0, 0.05) is 29.1 Å². The fourth-order valence-corrected chi connectivity index (χ4v) is 3.67. The van der Waals surface area contributed by atoms with Crippen LogP contribution in [0.3, 0.4) is 0 Å². The molecule has 0 aliphatic carbocycles. The van der Waals surface area contributed by atoms with Crippen molar-refractivity contribution in [1.29, 1.82) is 0 Å². The van der Waals surface area contributed by atoms with Gasteiger partial charge in [-0.2, -0.15) is 0 Å². The lowest BCUT2D eigenvalue weighted by atomic mass is 10.0. The zero-order valence-corrected chi connectivity index (χ0v) is 15.2. The lowest BCUT2D eigenvalue weighted by Gasteiger charge is -2.37. The molecule has 0 unspecified atom stereocenters. The first kappa shape index (κ1) is 16.4. The molecule has 1 saturated heterocycles. The van der Waals surface area contributed by atoms with Gasteiger partial charge in [0.2, 0.25) is 0 Å². The number of hydrogen-bond acceptors (Lipinski definition) is 3. The summed E-state index contributed by atoms with van der Waals surface area (Å²) >= 11 is 6.08. The smallest absolute Gasteiger partial charge is 0.137 e. The van der Waals surface area contributed by atoms with Crippen LogP contribution < -0.4 is 4.90 Å². The zero-order chi connectivity index (χ0) is 17.4. The molecule has 3 nitrogen and oxygen atoms in total. The molecular formula is C21H21ClN2O. The van der Waals surface area contributed by atoms with E-state index in [4.69, 9.17) is 21.3 Å². The molecule has 3 aromatic rings. The van der Waals surface area contributed by atoms with Crippen molar-refractivity contribution in [1.82, 2.24) is 4.98 Å². The molecule has 0 spiro atoms. The Morgan fingerprint density at radius 1 is 1.00 bits per heavy atom. The van der Waals surface area contributed by atoms with Gasteiger partial charge < -0.3 is 9.64 Å². The topological polar surface area (TPSA) is 25.4 Å². The number of benzene rings is 2. The van der Waals surface area contributed by atoms with E-state index in [1.54, 1.807) is 0 Å². The molecule has 1 aromatic heterocycles. The van der Waals surface area contributed by atoms with E-state index in [1.807, 2.05) is 24.3 Å². The fourth-order valence-electron chi connectivity index (χ4n) is 3.54. The van der Waals surface area contributed by atoms with E-state index >= 15 is 0 Å². The van der Waals surface area contributed by atoms with Crippen molar-refractivity contribution in [2.45, 2.75) is 26.1 Å². The third-order valence-electron chi connectivity index (χ3n) is 4.58. The van der Waals surface area contributed by atoms with Crippen LogP contribution >= 0.6 is 11.6 Å². The quantitative estimate of drug-likeness (QED) is 0.636. The van der Waals surface area contributed by atoms with Crippen molar-refractivity contribution in [2.24, 2.45) is 0 Å². The second-order valence-electron chi connectivity index (χ2n) is 6.72. The summed E-state index contributed by atoms with van der Waals surface area (Å²) in [5.74, 6) is 1.02. The first-order valence-electron chi connectivity index (χ1n) is 8.66. The molecule has 128 valence electrons. The Balaban J connectivity index is 1.88. The molecule has 4 rings (SSSR count). The summed E-state index contributed by atoms with van der Waals surface area (Å²) in [6.07, 6.45) is 0.380. The highest BCUT2D eigenvalue weighted by Gasteiger charge is 2.25. The number of nitrogens with zero attached hydrogens (tertiary/aromatic N) is 2. The maximum absolute atomic E-state index is 6.08. The highest BCUT2D eigenvalue weighted by Crippen LogP contribution is 2.34. The van der Waals surface area contributed by atoms with Crippen LogP contribution in [0.25, 0.3) is 22.0 Å². The van der Waals surface area contributed by atoms with Crippen LogP contribution in [0.2, 0.25) is 5.02 Å². The third-order valence-corrected chi connectivity index (χ3v) is 4.83. The van der Waals surface area contributed by atoms with E-state index in [9.17, 15) is 0 Å². The van der Waals surface area contributed by atoms with Crippen LogP contribution in [0.5, 0.6) is 0 Å². The van der Waals surface area contributed by atoms with Crippen LogP contribution in [0, 0.1) is 0 Å². The summed E-state index contributed by atoms with van der Waals surface area (Å²) in [5.41, 5.74) is 3.28. The lowest BCUT2D eigenvalue weighted by molar-refractivity contribution is -0.00540. The van der Waals surface area contributed by atoms with E-state index in [1.165, 1.54) is 0 Å². The summed E-state index contributed by atoms with van der Waals surface area (Å²) in [4.78, 5) is 7.35. The molecule has 2 heterocycles. The average molecular weight is 353 g/mol. The van der Waals surface area contributed by atoms with Crippen molar-refractivity contribution < 1.29 is 4.74 Å². The average Bonchev–Trinajstić information content (AvgIpc) is 2.60. The second-order valence-corrected chi connectivity index (χ2v) is 7.16. The second kappa shape index (κ2) is 6.66. The van der Waals surface area contributed by atoms with E-state index in [-0.39, 0.29) is 12.2 Å². The van der Waals surface area contributed by atoms with Crippen molar-refractivity contribution in [3.8, 4) is 11.1 Å². The van der Waals surface area contributed by atoms with E-state index in [0.29, 0.717) is 0 Å². The minimum Gasteiger partial charge on any atom is -0.372 e. The summed E-state index contributed by atoms with van der Waals surface area (Å²) in [6, 6.07) is 18.5. The maximum atomic E-state index is 6.08. The Bertz CT molecular complexity index is 884. The molecule has 1 fully saturated rings. The molecule has 0 N–H and O–H groups in total. The van der Waals surface area contributed by atoms with Crippen molar-refractivity contribution in [3.63, 3.8) is 0 Å². The number of fused-ring (bicyclic) bond motifs is 1. The Kier molecular flexibility index (Phi) is 4.36. The van der Waals surface area contributed by atoms with Gasteiger partial charge in [0.05, 0.1) is 17.7 Å². The summed E-state index contributed by atoms with van der Waals surface area (Å²) in [7, 11) is 0. The molecular weight excluding hydrogens is 332 g/mol. The van der Waals surface area contributed by atoms with Crippen molar-refractivity contribution >= 4 is 28.3 Å². The first-order valence-corrected chi connectivity index (χ1v) is 9.04. The number of hydrogen-bond donors (Lipinski definition) is 0. The van der Waals surface area contributed by atoms with E-state index in [0.717, 1.165) is 46.0 Å². The predicted octanol–water partition coefficient (Wildman–Crippen LogP) is 5.17. The number of pyridine rings is 1. The molecule has 2 atom stereocenters. The molecule has 0 amide bonds. The number of anilines is 1. The summed E-state index contributed by atoms with van der Waals surface area (Å²) in [6.45, 7) is 5.92. The van der Waals surface area contributed by atoms with Gasteiger partial charge >= 0.3 is 0 Å². The Labute approximate surface area is 153 Å². The molecule has 2 aromatic carbocycles. The number of para-hydroxylation sites is 1. The maximum Gasteiger partial charge on any atom is 0.137 e. The monoisotopic (exact) mass is 352 g/mol. The highest BCUT2D eigenvalue weighted by atomic mass is 35.5. The van der Waals surface area contributed by atoms with Gasteiger partial charge in [-0.3, -0.25) is 0 Å². The summed E-state index contributed by atoms with van der Waals surface area (Å²) in [5, 5.41) is 1.89. The standard InChI is InChI=1S/C21H21ClN2O/c1-14-12-24(13-15(2)25-14)21-19(16-7-9-18(22)10-8-16)11-17-5-3-4-6-20(17)23-21/h3-11,14-15H,12-13H2,1-2H3/t14-,15+. The molecule has 0 bridgehead atoms. The number of aromatic nitrogens is 1. The highest BCUT2D eigenvalue weighted by molar-refractivity contribution is 6.30. The Morgan fingerprint density at radius 2 is 1.68 bits per heavy atom. The van der Waals surface area contributed by atoms with E-state index < -0.39 is 0 Å². The number of halogens is 1. The molecule has 1 aliphatic heterocycles. The minimum atomic E-state index is 0.190. The lowest BCUT2D eigenvalue weighted by Crippen LogP contribution is -2.46. The SMILES string of the molecule is C[C@@H]1CN(c2nc3ccccc3cc2-c2ccc(Cl)cc2)C[C@H](C)O1. The molecule has 0 radical (unpaired) electrons. The van der Waals surface area contributed by atoms with Crippen LogP contribution in [-0.4, -0.2) is 30.3 Å². The van der Waals surface area contributed by atoms with Gasteiger partial charge in [0.25, 0.3) is 0 Å². The number of rotatable bonds is 2. The normalized spacial score (nSPS) is 20.8. The van der Waals surface area contributed by atoms with Gasteiger partial charge in [0.1, 0.15) is 5.82 Å². The zero-order valence-electron chi connectivity index (χ0n) is 14.4. The van der Waals surface area contributed by atoms with E-state index in [2.05, 4.69) is 49.1 Å². The molecule has 25 heavy (non-hydrogen) atoms. The van der Waals surface area contributed by atoms with Crippen LogP contribution in [-0.2, 0) is 4.74 Å². The van der Waals surface area contributed by atoms with Gasteiger partial charge in [-0.15, -0.1) is 0 Å². The van der Waals surface area contributed by atoms with Gasteiger partial charge in [-0.05, 0) is 43.7 Å². The Morgan fingerprint density at radius 3 is 2.40 bits per heavy atom. The number of ether oxygens (including phenoxy) is 1. The van der Waals surface area contributed by atoms with Gasteiger partial charge in [-0.1, -0.05) is 41.9 Å². The van der Waals surface area contributed by atoms with Crippen LogP contribution in [0.4, 0.5) is 5.82 Å². The van der Waals surface area contributed by atoms with Gasteiger partial charge in [0.15, 0.2) is 0 Å². The molecule has 1 aliphatic rings. The molecule has 0 saturated carbocycles. The predicted molar refractivity (Wildman–Crippen MR) is 104 cm³/mol. The number of morpholine rings is 1. The fraction of sp³-hybridized carbons (Fsp3) is 0.286. The molecule has 4 heteroatoms. The van der Waals surface area contributed by atoms with Crippen LogP contribution in [0.15, 0.2) is 54.6 Å². The first-order chi connectivity index (χ1) is 12.1. The third kappa shape index (κ3) is 3.35. The van der Waals surface area contributed by atoms with Crippen molar-refractivity contribution in [2.75, 3.05) is 18.0 Å².